The van der Waals surface area contributed by atoms with Gasteiger partial charge >= 0.3 is 6.18 Å². The Kier molecular flexibility index (Phi) is 13.0. The molecular weight excluding hydrogens is 823 g/mol. The molecule has 15 nitrogen and oxygen atoms in total. The number of sulfonamides is 1. The molecule has 4 aliphatic rings. The molecule has 1 saturated carbocycles. The molecule has 3 aliphatic heterocycles. The fourth-order valence-corrected chi connectivity index (χ4v) is 10.1. The summed E-state index contributed by atoms with van der Waals surface area (Å²) in [5.41, 5.74) is -0.467. The maximum Gasteiger partial charge on any atom is 0.421 e. The van der Waals surface area contributed by atoms with Crippen LogP contribution in [0, 0.1) is 18.7 Å². The van der Waals surface area contributed by atoms with E-state index in [-0.39, 0.29) is 41.6 Å². The fourth-order valence-electron chi connectivity index (χ4n) is 8.71. The number of aliphatic hydroxyl groups is 1. The van der Waals surface area contributed by atoms with Crippen molar-refractivity contribution in [2.75, 3.05) is 73.4 Å². The average Bonchev–Trinajstić information content (AvgIpc) is 3.20. The Morgan fingerprint density at radius 2 is 1.74 bits per heavy atom. The minimum absolute atomic E-state index is 0.0154. The van der Waals surface area contributed by atoms with Crippen LogP contribution in [0.2, 0.25) is 0 Å². The smallest absolute Gasteiger partial charge is 0.421 e. The van der Waals surface area contributed by atoms with Crippen molar-refractivity contribution >= 4 is 50.7 Å². The molecule has 1 unspecified atom stereocenters. The first-order chi connectivity index (χ1) is 28.9. The third-order valence-corrected chi connectivity index (χ3v) is 13.6. The van der Waals surface area contributed by atoms with Gasteiger partial charge < -0.3 is 30.3 Å². The molecule has 20 heteroatoms. The first-order valence-electron chi connectivity index (χ1n) is 20.6. The molecule has 332 valence electrons. The Labute approximate surface area is 352 Å². The third-order valence-electron chi connectivity index (χ3n) is 12.0. The van der Waals surface area contributed by atoms with E-state index in [0.29, 0.717) is 86.0 Å². The van der Waals surface area contributed by atoms with Gasteiger partial charge in [0.25, 0.3) is 0 Å². The standard InChI is InChI=1S/C41H53F4N9O6S/c1-25-19-28(9-10-31(25)48-39-46-22-29(41(43,44)45)37(50-39)54-14-4-13-40(2,57)24-54)61(58,59)51-27-7-5-26(6-8-27)23-52-15-17-53(18-16-52)34-21-35(60-3)33(20-30(34)42)47-32-11-12-36(55)49-38(32)56/h9-10,19-22,26-27,32,47,51,57H,4-8,11-18,23-24H2,1-3H3,(H,46,48,50)(H,49,55,56)/t26?,27?,32?,40-/m0/s1. The normalized spacial score (nSPS) is 24.4. The Hall–Kier alpha value is -4.79. The van der Waals surface area contributed by atoms with Crippen molar-refractivity contribution in [1.29, 1.82) is 0 Å². The number of amides is 2. The van der Waals surface area contributed by atoms with E-state index in [9.17, 15) is 36.3 Å². The van der Waals surface area contributed by atoms with Gasteiger partial charge in [-0.25, -0.2) is 22.5 Å². The minimum atomic E-state index is -4.71. The van der Waals surface area contributed by atoms with Gasteiger partial charge in [-0.05, 0) is 88.5 Å². The summed E-state index contributed by atoms with van der Waals surface area (Å²) < 4.78 is 92.6. The number of β-amino-alcohol motifs (C(OH)–C–C–N with tert-alkyl or cyclic N) is 1. The second-order valence-corrected chi connectivity index (χ2v) is 18.5. The van der Waals surface area contributed by atoms with Crippen LogP contribution in [0.5, 0.6) is 5.75 Å². The molecule has 7 rings (SSSR count). The van der Waals surface area contributed by atoms with Crippen molar-refractivity contribution in [3.05, 3.63) is 53.5 Å². The number of nitrogens with one attached hydrogen (secondary N) is 4. The monoisotopic (exact) mass is 875 g/mol. The third kappa shape index (κ3) is 10.6. The van der Waals surface area contributed by atoms with Crippen LogP contribution >= 0.6 is 0 Å². The number of halogens is 4. The summed E-state index contributed by atoms with van der Waals surface area (Å²) in [6.07, 6.45) is 0.491. The number of benzene rings is 2. The molecule has 2 amide bonds. The number of anilines is 5. The van der Waals surface area contributed by atoms with Gasteiger partial charge in [-0.1, -0.05) is 0 Å². The lowest BCUT2D eigenvalue weighted by Gasteiger charge is -2.39. The van der Waals surface area contributed by atoms with Gasteiger partial charge in [-0.15, -0.1) is 0 Å². The number of piperazine rings is 1. The van der Waals surface area contributed by atoms with E-state index in [2.05, 4.69) is 35.5 Å². The number of piperidine rings is 2. The average molecular weight is 876 g/mol. The SMILES string of the molecule is COc1cc(N2CCN(CC3CCC(NS(=O)(=O)c4ccc(Nc5ncc(C(F)(F)F)c(N6CCC[C@](C)(O)C6)n5)c(C)c4)CC3)CC2)c(F)cc1NC1CCC(=O)NC1=O. The number of alkyl halides is 3. The van der Waals surface area contributed by atoms with Crippen molar-refractivity contribution in [1.82, 2.24) is 24.9 Å². The summed E-state index contributed by atoms with van der Waals surface area (Å²) in [6.45, 7) is 7.05. The molecule has 2 aromatic carbocycles. The summed E-state index contributed by atoms with van der Waals surface area (Å²) in [7, 11) is -2.40. The number of carbonyl (C=O) groups excluding carboxylic acids is 2. The lowest BCUT2D eigenvalue weighted by atomic mass is 9.86. The highest BCUT2D eigenvalue weighted by Crippen LogP contribution is 2.39. The molecule has 3 aromatic rings. The van der Waals surface area contributed by atoms with Crippen LogP contribution in [-0.4, -0.2) is 111 Å². The van der Waals surface area contributed by atoms with Gasteiger partial charge in [0.1, 0.15) is 29.0 Å². The summed E-state index contributed by atoms with van der Waals surface area (Å²) >= 11 is 0. The van der Waals surface area contributed by atoms with Crippen LogP contribution in [0.4, 0.5) is 46.4 Å². The van der Waals surface area contributed by atoms with Gasteiger partial charge in [0, 0.05) is 82.3 Å². The van der Waals surface area contributed by atoms with E-state index in [1.54, 1.807) is 19.9 Å². The number of nitrogens with zero attached hydrogens (tertiary/aromatic N) is 5. The zero-order valence-electron chi connectivity index (χ0n) is 34.4. The molecular formula is C41H53F4N9O6S. The molecule has 1 aromatic heterocycles. The van der Waals surface area contributed by atoms with Crippen LogP contribution in [0.15, 0.2) is 41.4 Å². The molecule has 1 aliphatic carbocycles. The minimum Gasteiger partial charge on any atom is -0.495 e. The molecule has 0 spiro atoms. The Morgan fingerprint density at radius 1 is 1.00 bits per heavy atom. The highest BCUT2D eigenvalue weighted by atomic mass is 32.2. The summed E-state index contributed by atoms with van der Waals surface area (Å²) in [5, 5.41) is 18.8. The number of ether oxygens (including phenoxy) is 1. The van der Waals surface area contributed by atoms with Crippen LogP contribution in [0.25, 0.3) is 0 Å². The predicted molar refractivity (Wildman–Crippen MR) is 221 cm³/mol. The van der Waals surface area contributed by atoms with E-state index in [1.165, 1.54) is 36.3 Å². The van der Waals surface area contributed by atoms with Gasteiger partial charge in [0.05, 0.1) is 29.0 Å². The molecule has 0 radical (unpaired) electrons. The Balaban J connectivity index is 0.893. The number of rotatable bonds is 12. The lowest BCUT2D eigenvalue weighted by molar-refractivity contribution is -0.138. The van der Waals surface area contributed by atoms with Gasteiger partial charge in [-0.2, -0.15) is 18.2 Å². The number of imide groups is 1. The molecule has 4 heterocycles. The molecule has 3 saturated heterocycles. The molecule has 5 N–H and O–H groups in total. The number of aromatic nitrogens is 2. The van der Waals surface area contributed by atoms with Gasteiger partial charge in [0.15, 0.2) is 0 Å². The van der Waals surface area contributed by atoms with Crippen molar-refractivity contribution < 1.29 is 45.4 Å². The summed E-state index contributed by atoms with van der Waals surface area (Å²) in [4.78, 5) is 37.7. The predicted octanol–water partition coefficient (Wildman–Crippen LogP) is 4.92. The maximum atomic E-state index is 15.4. The lowest BCUT2D eigenvalue weighted by Crippen LogP contribution is -2.49. The highest BCUT2D eigenvalue weighted by molar-refractivity contribution is 7.89. The van der Waals surface area contributed by atoms with Crippen molar-refractivity contribution in [3.8, 4) is 5.75 Å². The van der Waals surface area contributed by atoms with E-state index < -0.39 is 45.1 Å². The maximum absolute atomic E-state index is 15.4. The number of methoxy groups -OCH3 is 1. The molecule has 2 atom stereocenters. The highest BCUT2D eigenvalue weighted by Gasteiger charge is 2.39. The van der Waals surface area contributed by atoms with Crippen molar-refractivity contribution in [2.45, 2.75) is 94.0 Å². The van der Waals surface area contributed by atoms with Crippen LogP contribution in [0.1, 0.15) is 69.4 Å². The van der Waals surface area contributed by atoms with Crippen molar-refractivity contribution in [3.63, 3.8) is 0 Å². The number of aryl methyl sites for hydroxylation is 1. The van der Waals surface area contributed by atoms with Crippen LogP contribution in [-0.2, 0) is 25.8 Å². The van der Waals surface area contributed by atoms with E-state index in [1.807, 2.05) is 4.90 Å². The van der Waals surface area contributed by atoms with Gasteiger partial charge in [-0.3, -0.25) is 19.8 Å². The molecule has 4 fully saturated rings. The number of hydrogen-bond acceptors (Lipinski definition) is 13. The quantitative estimate of drug-likeness (QED) is 0.122. The topological polar surface area (TPSA) is 181 Å². The second-order valence-electron chi connectivity index (χ2n) is 16.8. The first kappa shape index (κ1) is 44.3. The van der Waals surface area contributed by atoms with Crippen molar-refractivity contribution in [2.24, 2.45) is 5.92 Å². The Morgan fingerprint density at radius 3 is 2.39 bits per heavy atom. The zero-order valence-corrected chi connectivity index (χ0v) is 35.3. The fraction of sp³-hybridized carbons (Fsp3) is 0.561. The van der Waals surface area contributed by atoms with E-state index in [4.69, 9.17) is 4.74 Å². The summed E-state index contributed by atoms with van der Waals surface area (Å²) in [6, 6.07) is 6.51. The molecule has 61 heavy (non-hydrogen) atoms. The zero-order chi connectivity index (χ0) is 43.7. The van der Waals surface area contributed by atoms with Crippen LogP contribution < -0.4 is 35.2 Å². The Bertz CT molecular complexity index is 2210. The van der Waals surface area contributed by atoms with E-state index >= 15 is 4.39 Å². The second kappa shape index (κ2) is 17.9. The van der Waals surface area contributed by atoms with E-state index in [0.717, 1.165) is 38.7 Å². The van der Waals surface area contributed by atoms with Crippen LogP contribution in [0.3, 0.4) is 0 Å². The first-order valence-corrected chi connectivity index (χ1v) is 22.1. The largest absolute Gasteiger partial charge is 0.495 e. The van der Waals surface area contributed by atoms with Gasteiger partial charge in [0.2, 0.25) is 27.8 Å². The summed E-state index contributed by atoms with van der Waals surface area (Å²) in [5.74, 6) is -0.883. The molecule has 0 bridgehead atoms. The number of carbonyl (C=O) groups is 2. The number of hydrogen-bond donors (Lipinski definition) is 5.